The van der Waals surface area contributed by atoms with Crippen molar-refractivity contribution in [3.05, 3.63) is 36.3 Å². The second-order valence-electron chi connectivity index (χ2n) is 8.86. The Hall–Kier alpha value is -2.11. The van der Waals surface area contributed by atoms with Crippen LogP contribution >= 0.6 is 0 Å². The Balaban J connectivity index is 1.33. The van der Waals surface area contributed by atoms with Gasteiger partial charge in [-0.3, -0.25) is 9.48 Å². The van der Waals surface area contributed by atoms with Gasteiger partial charge in [-0.15, -0.1) is 0 Å². The molecule has 1 saturated heterocycles. The molecule has 27 heavy (non-hydrogen) atoms. The number of carbonyl (C=O) groups excluding carboxylic acids is 1. The molecule has 3 aliphatic carbocycles. The molecule has 1 aliphatic heterocycles. The maximum absolute atomic E-state index is 13.5. The van der Waals surface area contributed by atoms with Crippen LogP contribution in [0.15, 0.2) is 29.1 Å². The molecule has 3 unspecified atom stereocenters. The molecule has 0 N–H and O–H groups in total. The number of fused-ring (bicyclic) bond motifs is 1. The average molecular weight is 368 g/mol. The Morgan fingerprint density at radius 2 is 2.07 bits per heavy atom. The minimum atomic E-state index is 0.0158. The minimum absolute atomic E-state index is 0.0158. The molecule has 3 atom stereocenters. The summed E-state index contributed by atoms with van der Waals surface area (Å²) < 4.78 is 7.60. The van der Waals surface area contributed by atoms with E-state index in [-0.39, 0.29) is 11.3 Å². The van der Waals surface area contributed by atoms with Gasteiger partial charge in [0, 0.05) is 42.4 Å². The first-order chi connectivity index (χ1) is 13.1. The van der Waals surface area contributed by atoms with Crippen molar-refractivity contribution in [1.82, 2.24) is 19.7 Å². The first-order valence-corrected chi connectivity index (χ1v) is 10.3. The van der Waals surface area contributed by atoms with Crippen LogP contribution in [-0.4, -0.2) is 38.7 Å². The van der Waals surface area contributed by atoms with Crippen molar-refractivity contribution in [2.24, 2.45) is 11.8 Å². The fraction of sp³-hybridized carbons (Fsp3) is 0.667. The lowest BCUT2D eigenvalue weighted by Gasteiger charge is -2.49. The number of piperidine rings is 1. The molecule has 0 radical (unpaired) electrons. The first-order valence-electron chi connectivity index (χ1n) is 10.3. The van der Waals surface area contributed by atoms with E-state index in [9.17, 15) is 4.79 Å². The molecule has 4 aliphatic rings. The number of amides is 1. The van der Waals surface area contributed by atoms with Gasteiger partial charge in [0.15, 0.2) is 5.89 Å². The van der Waals surface area contributed by atoms with Gasteiger partial charge in [0.05, 0.1) is 12.1 Å². The highest BCUT2D eigenvalue weighted by molar-refractivity contribution is 5.83. The Morgan fingerprint density at radius 1 is 1.26 bits per heavy atom. The van der Waals surface area contributed by atoms with E-state index in [0.717, 1.165) is 44.7 Å². The lowest BCUT2D eigenvalue weighted by molar-refractivity contribution is -0.145. The predicted octanol–water partition coefficient (Wildman–Crippen LogP) is 3.53. The Kier molecular flexibility index (Phi) is 3.92. The zero-order valence-corrected chi connectivity index (χ0v) is 16.2. The molecule has 6 nitrogen and oxygen atoms in total. The third-order valence-electron chi connectivity index (χ3n) is 7.20. The quantitative estimate of drug-likeness (QED) is 0.828. The van der Waals surface area contributed by atoms with E-state index in [4.69, 9.17) is 4.42 Å². The van der Waals surface area contributed by atoms with Crippen molar-refractivity contribution in [1.29, 1.82) is 0 Å². The molecule has 3 saturated carbocycles. The number of likely N-dealkylation sites (tertiary alicyclic amines) is 1. The number of nitrogens with zero attached hydrogens (tertiary/aromatic N) is 4. The second-order valence-corrected chi connectivity index (χ2v) is 8.86. The lowest BCUT2D eigenvalue weighted by atomic mass is 9.58. The summed E-state index contributed by atoms with van der Waals surface area (Å²) in [5.41, 5.74) is 1.29. The predicted molar refractivity (Wildman–Crippen MR) is 100 cm³/mol. The van der Waals surface area contributed by atoms with Crippen LogP contribution < -0.4 is 0 Å². The monoisotopic (exact) mass is 368 g/mol. The summed E-state index contributed by atoms with van der Waals surface area (Å²) in [5, 5.41) is 4.55. The van der Waals surface area contributed by atoms with Gasteiger partial charge in [-0.25, -0.2) is 4.98 Å². The molecule has 6 heteroatoms. The minimum Gasteiger partial charge on any atom is -0.449 e. The van der Waals surface area contributed by atoms with Crippen molar-refractivity contribution in [3.8, 4) is 0 Å². The van der Waals surface area contributed by atoms with Crippen LogP contribution in [0, 0.1) is 11.8 Å². The van der Waals surface area contributed by atoms with Crippen molar-refractivity contribution in [2.75, 3.05) is 13.1 Å². The number of oxazole rings is 1. The van der Waals surface area contributed by atoms with Crippen LogP contribution in [0.1, 0.15) is 69.5 Å². The van der Waals surface area contributed by atoms with Crippen LogP contribution in [0.3, 0.4) is 0 Å². The van der Waals surface area contributed by atoms with Gasteiger partial charge in [0.2, 0.25) is 5.91 Å². The SMILES string of the molecule is CC(C)n1nccc1C12CCC(C1)C2C(=O)N1CCC(c2ncco2)CC1. The molecule has 2 bridgehead atoms. The number of carbonyl (C=O) groups is 1. The first kappa shape index (κ1) is 17.0. The van der Waals surface area contributed by atoms with E-state index >= 15 is 0 Å². The van der Waals surface area contributed by atoms with Crippen LogP contribution in [0.25, 0.3) is 0 Å². The number of rotatable bonds is 4. The molecule has 2 aromatic heterocycles. The highest BCUT2D eigenvalue weighted by Gasteiger charge is 2.64. The van der Waals surface area contributed by atoms with E-state index in [2.05, 4.69) is 39.6 Å². The summed E-state index contributed by atoms with van der Waals surface area (Å²) in [4.78, 5) is 19.9. The molecule has 4 fully saturated rings. The van der Waals surface area contributed by atoms with E-state index in [1.165, 1.54) is 12.1 Å². The molecule has 0 spiro atoms. The molecule has 144 valence electrons. The Labute approximate surface area is 159 Å². The molecular weight excluding hydrogens is 340 g/mol. The molecular formula is C21H28N4O2. The summed E-state index contributed by atoms with van der Waals surface area (Å²) in [5.74, 6) is 2.23. The van der Waals surface area contributed by atoms with E-state index in [1.807, 2.05) is 6.20 Å². The molecule has 0 aromatic carbocycles. The smallest absolute Gasteiger partial charge is 0.226 e. The van der Waals surface area contributed by atoms with Gasteiger partial charge in [0.1, 0.15) is 6.26 Å². The van der Waals surface area contributed by atoms with Gasteiger partial charge in [-0.2, -0.15) is 5.10 Å². The summed E-state index contributed by atoms with van der Waals surface area (Å²) in [6.45, 7) is 5.97. The van der Waals surface area contributed by atoms with Crippen LogP contribution in [0.2, 0.25) is 0 Å². The zero-order chi connectivity index (χ0) is 18.6. The maximum atomic E-state index is 13.5. The van der Waals surface area contributed by atoms with E-state index in [1.54, 1.807) is 12.5 Å². The second kappa shape index (κ2) is 6.21. The van der Waals surface area contributed by atoms with Gasteiger partial charge < -0.3 is 9.32 Å². The molecule has 3 heterocycles. The summed E-state index contributed by atoms with van der Waals surface area (Å²) >= 11 is 0. The third kappa shape index (κ3) is 2.48. The van der Waals surface area contributed by atoms with Crippen LogP contribution in [-0.2, 0) is 10.2 Å². The third-order valence-corrected chi connectivity index (χ3v) is 7.20. The summed E-state index contributed by atoms with van der Waals surface area (Å²) in [6.07, 6.45) is 10.6. The zero-order valence-electron chi connectivity index (χ0n) is 16.2. The van der Waals surface area contributed by atoms with Gasteiger partial charge in [-0.05, 0) is 57.9 Å². The van der Waals surface area contributed by atoms with Crippen molar-refractivity contribution >= 4 is 5.91 Å². The number of aromatic nitrogens is 3. The number of hydrogen-bond acceptors (Lipinski definition) is 4. The van der Waals surface area contributed by atoms with Gasteiger partial charge >= 0.3 is 0 Å². The van der Waals surface area contributed by atoms with E-state index < -0.39 is 0 Å². The Morgan fingerprint density at radius 3 is 2.74 bits per heavy atom. The summed E-state index contributed by atoms with van der Waals surface area (Å²) in [7, 11) is 0. The lowest BCUT2D eigenvalue weighted by Crippen LogP contribution is -2.55. The maximum Gasteiger partial charge on any atom is 0.226 e. The van der Waals surface area contributed by atoms with Crippen molar-refractivity contribution in [2.45, 2.75) is 63.3 Å². The van der Waals surface area contributed by atoms with E-state index in [0.29, 0.717) is 23.8 Å². The topological polar surface area (TPSA) is 64.2 Å². The summed E-state index contributed by atoms with van der Waals surface area (Å²) in [6, 6.07) is 2.48. The normalized spacial score (nSPS) is 30.7. The largest absolute Gasteiger partial charge is 0.449 e. The van der Waals surface area contributed by atoms with Crippen LogP contribution in [0.5, 0.6) is 0 Å². The fourth-order valence-electron chi connectivity index (χ4n) is 5.90. The number of hydrogen-bond donors (Lipinski definition) is 0. The molecule has 2 aromatic rings. The fourth-order valence-corrected chi connectivity index (χ4v) is 5.90. The standard InChI is InChI=1S/C21H28N4O2/c1-14(2)25-17(4-8-23-25)21-7-3-16(13-21)18(21)20(26)24-10-5-15(6-11-24)19-22-9-12-27-19/h4,8-9,12,14-16,18H,3,5-7,10-11,13H2,1-2H3. The molecule has 6 rings (SSSR count). The van der Waals surface area contributed by atoms with Crippen molar-refractivity contribution in [3.63, 3.8) is 0 Å². The van der Waals surface area contributed by atoms with Gasteiger partial charge in [0.25, 0.3) is 0 Å². The van der Waals surface area contributed by atoms with Crippen molar-refractivity contribution < 1.29 is 9.21 Å². The highest BCUT2D eigenvalue weighted by Crippen LogP contribution is 2.64. The van der Waals surface area contributed by atoms with Crippen LogP contribution in [0.4, 0.5) is 0 Å². The Bertz CT molecular complexity index is 815. The average Bonchev–Trinajstić information content (AvgIpc) is 3.45. The molecule has 1 amide bonds. The highest BCUT2D eigenvalue weighted by atomic mass is 16.3. The van der Waals surface area contributed by atoms with Gasteiger partial charge in [-0.1, -0.05) is 0 Å².